The average molecular weight is 384 g/mol. The van der Waals surface area contributed by atoms with Gasteiger partial charge in [-0.1, -0.05) is 13.0 Å². The van der Waals surface area contributed by atoms with Gasteiger partial charge in [0.25, 0.3) is 0 Å². The van der Waals surface area contributed by atoms with Crippen molar-refractivity contribution in [1.82, 2.24) is 4.90 Å². The zero-order valence-electron chi connectivity index (χ0n) is 13.4. The van der Waals surface area contributed by atoms with Crippen molar-refractivity contribution in [2.24, 2.45) is 11.8 Å². The number of methoxy groups -OCH3 is 1. The smallest absolute Gasteiger partial charge is 0.308 e. The minimum Gasteiger partial charge on any atom is -0.496 e. The zero-order chi connectivity index (χ0) is 17.0. The van der Waals surface area contributed by atoms with Crippen LogP contribution in [0.2, 0.25) is 0 Å². The van der Waals surface area contributed by atoms with Crippen molar-refractivity contribution in [3.05, 3.63) is 28.2 Å². The number of likely N-dealkylation sites (tertiary alicyclic amines) is 1. The van der Waals surface area contributed by atoms with Crippen LogP contribution in [0.3, 0.4) is 0 Å². The summed E-state index contributed by atoms with van der Waals surface area (Å²) >= 11 is 3.44. The van der Waals surface area contributed by atoms with Gasteiger partial charge in [-0.2, -0.15) is 0 Å². The minimum atomic E-state index is -0.812. The van der Waals surface area contributed by atoms with Crippen LogP contribution in [0, 0.1) is 11.8 Å². The Morgan fingerprint density at radius 1 is 1.39 bits per heavy atom. The van der Waals surface area contributed by atoms with Gasteiger partial charge in [0.15, 0.2) is 0 Å². The van der Waals surface area contributed by atoms with Crippen LogP contribution in [0.4, 0.5) is 0 Å². The van der Waals surface area contributed by atoms with Crippen LogP contribution >= 0.6 is 15.9 Å². The topological polar surface area (TPSA) is 66.8 Å². The fourth-order valence-electron chi connectivity index (χ4n) is 3.01. The fraction of sp³-hybridized carbons (Fsp3) is 0.529. The van der Waals surface area contributed by atoms with E-state index in [2.05, 4.69) is 15.9 Å². The van der Waals surface area contributed by atoms with Crippen LogP contribution in [-0.4, -0.2) is 42.1 Å². The molecular weight excluding hydrogens is 362 g/mol. The second kappa shape index (κ2) is 7.81. The standard InChI is InChI=1S/C17H22BrNO4/c1-11-7-13(17(21)22)10-19(9-11)16(20)6-4-12-3-5-15(23-2)14(18)8-12/h3,5,8,11,13H,4,6-7,9-10H2,1-2H3,(H,21,22). The highest BCUT2D eigenvalue weighted by Crippen LogP contribution is 2.26. The molecule has 0 radical (unpaired) electrons. The Bertz CT molecular complexity index is 590. The first-order valence-corrected chi connectivity index (χ1v) is 8.53. The van der Waals surface area contributed by atoms with Gasteiger partial charge >= 0.3 is 5.97 Å². The van der Waals surface area contributed by atoms with Gasteiger partial charge in [0.1, 0.15) is 5.75 Å². The van der Waals surface area contributed by atoms with Crippen LogP contribution in [0.1, 0.15) is 25.3 Å². The molecule has 1 fully saturated rings. The Morgan fingerprint density at radius 3 is 2.74 bits per heavy atom. The molecule has 1 amide bonds. The molecule has 0 spiro atoms. The molecule has 1 aromatic rings. The zero-order valence-corrected chi connectivity index (χ0v) is 15.0. The Kier molecular flexibility index (Phi) is 6.04. The highest BCUT2D eigenvalue weighted by Gasteiger charge is 2.31. The summed E-state index contributed by atoms with van der Waals surface area (Å²) < 4.78 is 6.05. The number of rotatable bonds is 5. The number of carbonyl (C=O) groups is 2. The third-order valence-electron chi connectivity index (χ3n) is 4.21. The number of benzene rings is 1. The van der Waals surface area contributed by atoms with E-state index in [1.807, 2.05) is 25.1 Å². The largest absolute Gasteiger partial charge is 0.496 e. The number of hydrogen-bond acceptors (Lipinski definition) is 3. The molecule has 6 heteroatoms. The summed E-state index contributed by atoms with van der Waals surface area (Å²) in [7, 11) is 1.61. The molecule has 1 aliphatic heterocycles. The van der Waals surface area contributed by atoms with Crippen LogP contribution < -0.4 is 4.74 Å². The molecule has 1 heterocycles. The molecule has 126 valence electrons. The van der Waals surface area contributed by atoms with Crippen molar-refractivity contribution in [3.8, 4) is 5.75 Å². The van der Waals surface area contributed by atoms with Crippen molar-refractivity contribution < 1.29 is 19.4 Å². The summed E-state index contributed by atoms with van der Waals surface area (Å²) in [6.45, 7) is 2.97. The van der Waals surface area contributed by atoms with E-state index >= 15 is 0 Å². The Morgan fingerprint density at radius 2 is 2.13 bits per heavy atom. The van der Waals surface area contributed by atoms with Gasteiger partial charge in [0.05, 0.1) is 17.5 Å². The number of ether oxygens (including phenoxy) is 1. The molecule has 2 atom stereocenters. The molecular formula is C17H22BrNO4. The van der Waals surface area contributed by atoms with Crippen LogP contribution in [0.5, 0.6) is 5.75 Å². The number of carboxylic acids is 1. The van der Waals surface area contributed by atoms with E-state index < -0.39 is 11.9 Å². The van der Waals surface area contributed by atoms with E-state index in [4.69, 9.17) is 4.74 Å². The lowest BCUT2D eigenvalue weighted by Gasteiger charge is -2.34. The van der Waals surface area contributed by atoms with E-state index in [9.17, 15) is 14.7 Å². The van der Waals surface area contributed by atoms with Gasteiger partial charge in [-0.05, 0) is 52.4 Å². The second-order valence-corrected chi connectivity index (χ2v) is 7.00. The van der Waals surface area contributed by atoms with Crippen molar-refractivity contribution in [3.63, 3.8) is 0 Å². The molecule has 0 saturated carbocycles. The van der Waals surface area contributed by atoms with E-state index in [-0.39, 0.29) is 11.8 Å². The Balaban J connectivity index is 1.93. The number of nitrogens with zero attached hydrogens (tertiary/aromatic N) is 1. The number of aryl methyl sites for hydroxylation is 1. The third-order valence-corrected chi connectivity index (χ3v) is 4.83. The van der Waals surface area contributed by atoms with E-state index in [1.165, 1.54) is 0 Å². The first-order chi connectivity index (χ1) is 10.9. The number of halogens is 1. The van der Waals surface area contributed by atoms with Gasteiger partial charge < -0.3 is 14.7 Å². The van der Waals surface area contributed by atoms with Crippen molar-refractivity contribution >= 4 is 27.8 Å². The summed E-state index contributed by atoms with van der Waals surface area (Å²) in [5.74, 6) is -0.251. The number of aliphatic carboxylic acids is 1. The monoisotopic (exact) mass is 383 g/mol. The third kappa shape index (κ3) is 4.70. The summed E-state index contributed by atoms with van der Waals surface area (Å²) in [5.41, 5.74) is 1.05. The van der Waals surface area contributed by atoms with Crippen LogP contribution in [-0.2, 0) is 16.0 Å². The predicted octanol–water partition coefficient (Wildman–Crippen LogP) is 2.96. The van der Waals surface area contributed by atoms with Gasteiger partial charge in [0, 0.05) is 19.5 Å². The number of piperidine rings is 1. The molecule has 1 aromatic carbocycles. The highest BCUT2D eigenvalue weighted by molar-refractivity contribution is 9.10. The van der Waals surface area contributed by atoms with Gasteiger partial charge in [0.2, 0.25) is 5.91 Å². The Hall–Kier alpha value is -1.56. The average Bonchev–Trinajstić information content (AvgIpc) is 2.52. The molecule has 5 nitrogen and oxygen atoms in total. The SMILES string of the molecule is COc1ccc(CCC(=O)N2CC(C)CC(C(=O)O)C2)cc1Br. The molecule has 1 N–H and O–H groups in total. The normalized spacial score (nSPS) is 21.1. The first-order valence-electron chi connectivity index (χ1n) is 7.73. The number of carbonyl (C=O) groups excluding carboxylic acids is 1. The predicted molar refractivity (Wildman–Crippen MR) is 90.5 cm³/mol. The minimum absolute atomic E-state index is 0.0229. The number of hydrogen-bond donors (Lipinski definition) is 1. The van der Waals surface area contributed by atoms with E-state index in [0.717, 1.165) is 15.8 Å². The maximum atomic E-state index is 12.4. The molecule has 0 bridgehead atoms. The maximum Gasteiger partial charge on any atom is 0.308 e. The Labute approximate surface area is 144 Å². The fourth-order valence-corrected chi connectivity index (χ4v) is 3.60. The molecule has 23 heavy (non-hydrogen) atoms. The van der Waals surface area contributed by atoms with Crippen LogP contribution in [0.15, 0.2) is 22.7 Å². The van der Waals surface area contributed by atoms with Crippen LogP contribution in [0.25, 0.3) is 0 Å². The molecule has 0 aliphatic carbocycles. The quantitative estimate of drug-likeness (QED) is 0.848. The van der Waals surface area contributed by atoms with Gasteiger partial charge in [-0.3, -0.25) is 9.59 Å². The molecule has 1 saturated heterocycles. The van der Waals surface area contributed by atoms with Crippen molar-refractivity contribution in [2.45, 2.75) is 26.2 Å². The first kappa shape index (κ1) is 17.8. The lowest BCUT2D eigenvalue weighted by Crippen LogP contribution is -2.45. The summed E-state index contributed by atoms with van der Waals surface area (Å²) in [5, 5.41) is 9.19. The lowest BCUT2D eigenvalue weighted by molar-refractivity contribution is -0.146. The number of carboxylic acid groups (broad SMARTS) is 1. The van der Waals surface area contributed by atoms with E-state index in [1.54, 1.807) is 12.0 Å². The highest BCUT2D eigenvalue weighted by atomic mass is 79.9. The van der Waals surface area contributed by atoms with Gasteiger partial charge in [-0.25, -0.2) is 0 Å². The molecule has 2 unspecified atom stereocenters. The molecule has 2 rings (SSSR count). The van der Waals surface area contributed by atoms with Gasteiger partial charge in [-0.15, -0.1) is 0 Å². The van der Waals surface area contributed by atoms with E-state index in [0.29, 0.717) is 32.4 Å². The summed E-state index contributed by atoms with van der Waals surface area (Å²) in [6, 6.07) is 5.76. The number of amides is 1. The summed E-state index contributed by atoms with van der Waals surface area (Å²) in [4.78, 5) is 25.3. The molecule has 0 aromatic heterocycles. The summed E-state index contributed by atoms with van der Waals surface area (Å²) in [6.07, 6.45) is 1.66. The van der Waals surface area contributed by atoms with Crippen molar-refractivity contribution in [2.75, 3.05) is 20.2 Å². The lowest BCUT2D eigenvalue weighted by atomic mass is 9.90. The van der Waals surface area contributed by atoms with Crippen molar-refractivity contribution in [1.29, 1.82) is 0 Å². The molecule has 1 aliphatic rings. The second-order valence-electron chi connectivity index (χ2n) is 6.14. The maximum absolute atomic E-state index is 12.4.